The van der Waals surface area contributed by atoms with Crippen molar-refractivity contribution in [3.05, 3.63) is 33.8 Å². The van der Waals surface area contributed by atoms with Crippen LogP contribution in [0.3, 0.4) is 0 Å². The Bertz CT molecular complexity index is 375. The molecule has 16 heavy (non-hydrogen) atoms. The minimum atomic E-state index is -0.622. The Morgan fingerprint density at radius 2 is 1.94 bits per heavy atom. The van der Waals surface area contributed by atoms with Crippen LogP contribution >= 0.6 is 23.2 Å². The molecule has 2 rings (SSSR count). The fourth-order valence-corrected chi connectivity index (χ4v) is 2.56. The van der Waals surface area contributed by atoms with Gasteiger partial charge in [-0.2, -0.15) is 0 Å². The molecular formula is C12H15Cl2NO. The summed E-state index contributed by atoms with van der Waals surface area (Å²) in [5.41, 5.74) is 0.346. The first kappa shape index (κ1) is 12.2. The third kappa shape index (κ3) is 2.89. The molecule has 2 N–H and O–H groups in total. The molecule has 1 aromatic carbocycles. The summed E-state index contributed by atoms with van der Waals surface area (Å²) in [4.78, 5) is 0. The zero-order chi connectivity index (χ0) is 11.6. The number of nitrogens with one attached hydrogen (secondary N) is 1. The molecule has 0 unspecified atom stereocenters. The lowest BCUT2D eigenvalue weighted by Crippen LogP contribution is -2.43. The molecule has 1 aromatic rings. The third-order valence-electron chi connectivity index (χ3n) is 3.07. The van der Waals surface area contributed by atoms with Crippen molar-refractivity contribution in [2.75, 3.05) is 13.1 Å². The van der Waals surface area contributed by atoms with E-state index in [0.29, 0.717) is 16.5 Å². The molecule has 0 atom stereocenters. The van der Waals surface area contributed by atoms with Crippen LogP contribution in [0.25, 0.3) is 0 Å². The van der Waals surface area contributed by atoms with Crippen LogP contribution in [0.15, 0.2) is 18.2 Å². The van der Waals surface area contributed by atoms with Gasteiger partial charge in [0.05, 0.1) is 5.60 Å². The maximum Gasteiger partial charge on any atom is 0.0712 e. The highest BCUT2D eigenvalue weighted by atomic mass is 35.5. The van der Waals surface area contributed by atoms with Crippen LogP contribution in [0.2, 0.25) is 10.0 Å². The van der Waals surface area contributed by atoms with E-state index in [1.807, 2.05) is 12.1 Å². The molecule has 0 amide bonds. The Morgan fingerprint density at radius 1 is 1.25 bits per heavy atom. The summed E-state index contributed by atoms with van der Waals surface area (Å²) in [6.45, 7) is 1.73. The summed E-state index contributed by atoms with van der Waals surface area (Å²) < 4.78 is 0. The van der Waals surface area contributed by atoms with Gasteiger partial charge in [0, 0.05) is 16.5 Å². The molecule has 1 saturated heterocycles. The van der Waals surface area contributed by atoms with Crippen LogP contribution in [0.4, 0.5) is 0 Å². The predicted octanol–water partition coefficient (Wildman–Crippen LogP) is 2.65. The summed E-state index contributed by atoms with van der Waals surface area (Å²) in [6, 6.07) is 5.43. The van der Waals surface area contributed by atoms with Gasteiger partial charge in [-0.25, -0.2) is 0 Å². The third-order valence-corrected chi connectivity index (χ3v) is 3.66. The lowest BCUT2D eigenvalue weighted by molar-refractivity contribution is 0.0109. The first-order valence-electron chi connectivity index (χ1n) is 5.46. The van der Waals surface area contributed by atoms with Gasteiger partial charge in [-0.3, -0.25) is 0 Å². The van der Waals surface area contributed by atoms with E-state index in [4.69, 9.17) is 23.2 Å². The molecule has 0 radical (unpaired) electrons. The zero-order valence-electron chi connectivity index (χ0n) is 8.97. The fraction of sp³-hybridized carbons (Fsp3) is 0.500. The largest absolute Gasteiger partial charge is 0.389 e. The standard InChI is InChI=1S/C12H15Cl2NO/c13-10-2-1-9(11(14)7-10)8-12(16)3-5-15-6-4-12/h1-2,7,15-16H,3-6,8H2. The predicted molar refractivity (Wildman–Crippen MR) is 67.2 cm³/mol. The molecule has 4 heteroatoms. The van der Waals surface area contributed by atoms with Crippen LogP contribution in [0, 0.1) is 0 Å². The molecule has 1 aliphatic rings. The SMILES string of the molecule is OC1(Cc2ccc(Cl)cc2Cl)CCNCC1. The van der Waals surface area contributed by atoms with Crippen LogP contribution in [0.1, 0.15) is 18.4 Å². The van der Waals surface area contributed by atoms with Crippen molar-refractivity contribution in [2.45, 2.75) is 24.9 Å². The summed E-state index contributed by atoms with van der Waals surface area (Å²) in [7, 11) is 0. The summed E-state index contributed by atoms with van der Waals surface area (Å²) in [5, 5.41) is 14.9. The van der Waals surface area contributed by atoms with E-state index >= 15 is 0 Å². The van der Waals surface area contributed by atoms with Gasteiger partial charge in [0.15, 0.2) is 0 Å². The lowest BCUT2D eigenvalue weighted by Gasteiger charge is -2.32. The molecule has 0 saturated carbocycles. The Balaban J connectivity index is 2.13. The maximum absolute atomic E-state index is 10.4. The lowest BCUT2D eigenvalue weighted by atomic mass is 9.86. The van der Waals surface area contributed by atoms with E-state index in [-0.39, 0.29) is 0 Å². The van der Waals surface area contributed by atoms with Crippen molar-refractivity contribution in [3.63, 3.8) is 0 Å². The van der Waals surface area contributed by atoms with Crippen LogP contribution < -0.4 is 5.32 Å². The molecule has 0 aliphatic carbocycles. The van der Waals surface area contributed by atoms with Gasteiger partial charge in [-0.15, -0.1) is 0 Å². The van der Waals surface area contributed by atoms with Gasteiger partial charge in [-0.1, -0.05) is 29.3 Å². The van der Waals surface area contributed by atoms with E-state index in [1.54, 1.807) is 6.07 Å². The minimum absolute atomic E-state index is 0.602. The number of halogens is 2. The average Bonchev–Trinajstić information content (AvgIpc) is 2.23. The summed E-state index contributed by atoms with van der Waals surface area (Å²) in [6.07, 6.45) is 2.14. The van der Waals surface area contributed by atoms with Crippen molar-refractivity contribution in [2.24, 2.45) is 0 Å². The highest BCUT2D eigenvalue weighted by Crippen LogP contribution is 2.28. The van der Waals surface area contributed by atoms with Gasteiger partial charge < -0.3 is 10.4 Å². The smallest absolute Gasteiger partial charge is 0.0712 e. The number of piperidine rings is 1. The maximum atomic E-state index is 10.4. The van der Waals surface area contributed by atoms with E-state index in [9.17, 15) is 5.11 Å². The van der Waals surface area contributed by atoms with Crippen molar-refractivity contribution in [3.8, 4) is 0 Å². The van der Waals surface area contributed by atoms with Crippen LogP contribution in [-0.2, 0) is 6.42 Å². The van der Waals surface area contributed by atoms with Crippen molar-refractivity contribution in [1.29, 1.82) is 0 Å². The molecular weight excluding hydrogens is 245 g/mol. The second kappa shape index (κ2) is 4.92. The number of hydrogen-bond acceptors (Lipinski definition) is 2. The Kier molecular flexibility index (Phi) is 3.75. The van der Waals surface area contributed by atoms with Gasteiger partial charge in [0.2, 0.25) is 0 Å². The Morgan fingerprint density at radius 3 is 2.56 bits per heavy atom. The number of rotatable bonds is 2. The van der Waals surface area contributed by atoms with Gasteiger partial charge in [0.25, 0.3) is 0 Å². The average molecular weight is 260 g/mol. The highest BCUT2D eigenvalue weighted by Gasteiger charge is 2.29. The second-order valence-corrected chi connectivity index (χ2v) is 5.23. The van der Waals surface area contributed by atoms with E-state index in [2.05, 4.69) is 5.32 Å². The van der Waals surface area contributed by atoms with Gasteiger partial charge in [0.1, 0.15) is 0 Å². The highest BCUT2D eigenvalue weighted by molar-refractivity contribution is 6.35. The van der Waals surface area contributed by atoms with Gasteiger partial charge in [-0.05, 0) is 43.6 Å². The normalized spacial score (nSPS) is 19.7. The molecule has 0 aromatic heterocycles. The zero-order valence-corrected chi connectivity index (χ0v) is 10.5. The molecule has 1 aliphatic heterocycles. The minimum Gasteiger partial charge on any atom is -0.389 e. The number of benzene rings is 1. The second-order valence-electron chi connectivity index (χ2n) is 4.39. The van der Waals surface area contributed by atoms with E-state index in [1.165, 1.54) is 0 Å². The molecule has 88 valence electrons. The fourth-order valence-electron chi connectivity index (χ4n) is 2.09. The van der Waals surface area contributed by atoms with Crippen LogP contribution in [0.5, 0.6) is 0 Å². The Labute approximate surface area is 106 Å². The van der Waals surface area contributed by atoms with E-state index in [0.717, 1.165) is 31.5 Å². The topological polar surface area (TPSA) is 32.3 Å². The first-order valence-corrected chi connectivity index (χ1v) is 6.22. The van der Waals surface area contributed by atoms with Crippen molar-refractivity contribution >= 4 is 23.2 Å². The summed E-state index contributed by atoms with van der Waals surface area (Å²) in [5.74, 6) is 0. The summed E-state index contributed by atoms with van der Waals surface area (Å²) >= 11 is 11.9. The first-order chi connectivity index (χ1) is 7.59. The van der Waals surface area contributed by atoms with Crippen LogP contribution in [-0.4, -0.2) is 23.8 Å². The van der Waals surface area contributed by atoms with E-state index < -0.39 is 5.60 Å². The van der Waals surface area contributed by atoms with Crippen molar-refractivity contribution < 1.29 is 5.11 Å². The molecule has 1 heterocycles. The molecule has 0 bridgehead atoms. The Hall–Kier alpha value is -0.280. The molecule has 0 spiro atoms. The van der Waals surface area contributed by atoms with Gasteiger partial charge >= 0.3 is 0 Å². The van der Waals surface area contributed by atoms with Crippen molar-refractivity contribution in [1.82, 2.24) is 5.32 Å². The molecule has 1 fully saturated rings. The monoisotopic (exact) mass is 259 g/mol. The quantitative estimate of drug-likeness (QED) is 0.856. The number of aliphatic hydroxyl groups is 1. The number of hydrogen-bond donors (Lipinski definition) is 2. The molecule has 2 nitrogen and oxygen atoms in total.